The van der Waals surface area contributed by atoms with E-state index in [0.717, 1.165) is 10.4 Å². The summed E-state index contributed by atoms with van der Waals surface area (Å²) in [5.74, 6) is -0.378. The summed E-state index contributed by atoms with van der Waals surface area (Å²) in [5, 5.41) is 2.08. The van der Waals surface area contributed by atoms with Crippen molar-refractivity contribution in [1.82, 2.24) is 0 Å². The number of ether oxygens (including phenoxy) is 1. The number of carbonyl (C=O) groups excluding carboxylic acids is 1. The molecule has 1 amide bonds. The molecule has 0 spiro atoms. The van der Waals surface area contributed by atoms with Crippen LogP contribution in [0.25, 0.3) is 0 Å². The van der Waals surface area contributed by atoms with Gasteiger partial charge in [-0.05, 0) is 73.7 Å². The molecule has 0 radical (unpaired) electrons. The van der Waals surface area contributed by atoms with Crippen LogP contribution in [0.5, 0.6) is 5.75 Å². The number of nitrogens with zero attached hydrogens (tertiary/aromatic N) is 1. The van der Waals surface area contributed by atoms with Gasteiger partial charge in [-0.15, -0.1) is 0 Å². The van der Waals surface area contributed by atoms with Crippen LogP contribution in [0.2, 0.25) is 10.0 Å². The molecule has 0 saturated carbocycles. The highest BCUT2D eigenvalue weighted by molar-refractivity contribution is 7.92. The van der Waals surface area contributed by atoms with Crippen molar-refractivity contribution in [1.29, 1.82) is 0 Å². The predicted molar refractivity (Wildman–Crippen MR) is 129 cm³/mol. The van der Waals surface area contributed by atoms with Crippen LogP contribution in [0.15, 0.2) is 71.6 Å². The topological polar surface area (TPSA) is 75.7 Å². The fourth-order valence-corrected chi connectivity index (χ4v) is 4.85. The first-order chi connectivity index (χ1) is 16.4. The first-order valence-corrected chi connectivity index (χ1v) is 12.3. The van der Waals surface area contributed by atoms with Crippen LogP contribution in [0.1, 0.15) is 12.5 Å². The third-order valence-electron chi connectivity index (χ3n) is 4.68. The molecule has 0 bridgehead atoms. The van der Waals surface area contributed by atoms with Gasteiger partial charge in [0.2, 0.25) is 5.91 Å². The van der Waals surface area contributed by atoms with Crippen LogP contribution >= 0.6 is 23.2 Å². The van der Waals surface area contributed by atoms with Crippen LogP contribution in [0, 0.1) is 0 Å². The van der Waals surface area contributed by atoms with Gasteiger partial charge in [0.15, 0.2) is 0 Å². The summed E-state index contributed by atoms with van der Waals surface area (Å²) in [6.45, 7) is 1.47. The van der Waals surface area contributed by atoms with Crippen molar-refractivity contribution >= 4 is 50.5 Å². The minimum atomic E-state index is -4.73. The molecule has 1 N–H and O–H groups in total. The molecule has 3 aromatic rings. The Morgan fingerprint density at radius 2 is 1.63 bits per heavy atom. The van der Waals surface area contributed by atoms with Crippen molar-refractivity contribution < 1.29 is 31.1 Å². The molecule has 0 aliphatic carbocycles. The van der Waals surface area contributed by atoms with Crippen LogP contribution in [-0.2, 0) is 21.0 Å². The first-order valence-electron chi connectivity index (χ1n) is 10.1. The minimum absolute atomic E-state index is 0.130. The molecule has 35 heavy (non-hydrogen) atoms. The summed E-state index contributed by atoms with van der Waals surface area (Å²) < 4.78 is 72.4. The molecule has 6 nitrogen and oxygen atoms in total. The number of nitrogens with one attached hydrogen (secondary N) is 1. The summed E-state index contributed by atoms with van der Waals surface area (Å²) in [7, 11) is -4.25. The Morgan fingerprint density at radius 1 is 1.00 bits per heavy atom. The molecule has 0 heterocycles. The number of rotatable bonds is 8. The van der Waals surface area contributed by atoms with Gasteiger partial charge >= 0.3 is 6.18 Å². The Morgan fingerprint density at radius 3 is 2.20 bits per heavy atom. The van der Waals surface area contributed by atoms with Gasteiger partial charge in [-0.25, -0.2) is 8.42 Å². The standard InChI is InChI=1S/C23H19Cl2F3N2O4S/c1-2-34-18-8-6-17(7-9-18)30(35(32,33)19-10-3-15(24)4-11-19)14-22(31)29-16-5-12-21(25)20(13-16)23(26,27)28/h3-13H,2,14H2,1H3,(H,29,31). The van der Waals surface area contributed by atoms with Crippen LogP contribution in [0.4, 0.5) is 24.5 Å². The zero-order chi connectivity index (χ0) is 25.8. The second kappa shape index (κ2) is 10.8. The number of alkyl halides is 3. The van der Waals surface area contributed by atoms with Gasteiger partial charge in [-0.1, -0.05) is 23.2 Å². The maximum absolute atomic E-state index is 13.4. The van der Waals surface area contributed by atoms with E-state index in [1.165, 1.54) is 54.6 Å². The van der Waals surface area contributed by atoms with Gasteiger partial charge in [-0.2, -0.15) is 13.2 Å². The molecule has 12 heteroatoms. The normalized spacial score (nSPS) is 11.7. The second-order valence-corrected chi connectivity index (χ2v) is 9.84. The van der Waals surface area contributed by atoms with E-state index in [1.54, 1.807) is 6.92 Å². The molecule has 0 aliphatic rings. The number of hydrogen-bond donors (Lipinski definition) is 1. The molecular weight excluding hydrogens is 528 g/mol. The van der Waals surface area contributed by atoms with E-state index in [-0.39, 0.29) is 16.3 Å². The quantitative estimate of drug-likeness (QED) is 0.362. The number of halogens is 5. The third kappa shape index (κ3) is 6.59. The average Bonchev–Trinajstić information content (AvgIpc) is 2.79. The Bertz CT molecular complexity index is 1300. The fourth-order valence-electron chi connectivity index (χ4n) is 3.08. The van der Waals surface area contributed by atoms with E-state index in [9.17, 15) is 26.4 Å². The Labute approximate surface area is 210 Å². The van der Waals surface area contributed by atoms with Gasteiger partial charge in [0.25, 0.3) is 10.0 Å². The molecule has 0 fully saturated rings. The van der Waals surface area contributed by atoms with Crippen molar-refractivity contribution in [3.8, 4) is 5.75 Å². The SMILES string of the molecule is CCOc1ccc(N(CC(=O)Nc2ccc(Cl)c(C(F)(F)F)c2)S(=O)(=O)c2ccc(Cl)cc2)cc1. The number of amides is 1. The van der Waals surface area contributed by atoms with Crippen LogP contribution < -0.4 is 14.4 Å². The van der Waals surface area contributed by atoms with E-state index in [4.69, 9.17) is 27.9 Å². The number of sulfonamides is 1. The lowest BCUT2D eigenvalue weighted by molar-refractivity contribution is -0.137. The molecule has 0 unspecified atom stereocenters. The number of benzene rings is 3. The molecular formula is C23H19Cl2F3N2O4S. The lowest BCUT2D eigenvalue weighted by Crippen LogP contribution is -2.38. The van der Waals surface area contributed by atoms with Gasteiger partial charge in [-0.3, -0.25) is 9.10 Å². The van der Waals surface area contributed by atoms with E-state index < -0.39 is 39.2 Å². The van der Waals surface area contributed by atoms with Gasteiger partial charge < -0.3 is 10.1 Å². The van der Waals surface area contributed by atoms with Gasteiger partial charge in [0, 0.05) is 10.7 Å². The summed E-state index contributed by atoms with van der Waals surface area (Å²) in [4.78, 5) is 12.6. The smallest absolute Gasteiger partial charge is 0.417 e. The second-order valence-electron chi connectivity index (χ2n) is 7.13. The van der Waals surface area contributed by atoms with E-state index >= 15 is 0 Å². The van der Waals surface area contributed by atoms with Gasteiger partial charge in [0.1, 0.15) is 12.3 Å². The Balaban J connectivity index is 1.94. The summed E-state index contributed by atoms with van der Waals surface area (Å²) in [6, 6.07) is 14.2. The van der Waals surface area contributed by atoms with E-state index in [1.807, 2.05) is 0 Å². The Hall–Kier alpha value is -2.95. The van der Waals surface area contributed by atoms with E-state index in [2.05, 4.69) is 5.32 Å². The highest BCUT2D eigenvalue weighted by Crippen LogP contribution is 2.36. The van der Waals surface area contributed by atoms with E-state index in [0.29, 0.717) is 23.4 Å². The third-order valence-corrected chi connectivity index (χ3v) is 7.05. The van der Waals surface area contributed by atoms with Crippen LogP contribution in [-0.4, -0.2) is 27.5 Å². The predicted octanol–water partition coefficient (Wildman–Crippen LogP) is 6.24. The molecule has 3 aromatic carbocycles. The summed E-state index contributed by atoms with van der Waals surface area (Å²) in [5.41, 5.74) is -1.18. The molecule has 0 aliphatic heterocycles. The average molecular weight is 547 g/mol. The van der Waals surface area contributed by atoms with Crippen molar-refractivity contribution in [3.05, 3.63) is 82.3 Å². The lowest BCUT2D eigenvalue weighted by Gasteiger charge is -2.24. The maximum atomic E-state index is 13.4. The lowest BCUT2D eigenvalue weighted by atomic mass is 10.2. The van der Waals surface area contributed by atoms with Crippen molar-refractivity contribution in [2.75, 3.05) is 22.8 Å². The zero-order valence-corrected chi connectivity index (χ0v) is 20.5. The number of carbonyl (C=O) groups is 1. The van der Waals surface area contributed by atoms with Crippen molar-refractivity contribution in [3.63, 3.8) is 0 Å². The Kier molecular flexibility index (Phi) is 8.19. The molecule has 3 rings (SSSR count). The number of anilines is 2. The first kappa shape index (κ1) is 26.7. The molecule has 0 saturated heterocycles. The highest BCUT2D eigenvalue weighted by Gasteiger charge is 2.34. The minimum Gasteiger partial charge on any atom is -0.494 e. The molecule has 0 atom stereocenters. The largest absolute Gasteiger partial charge is 0.494 e. The van der Waals surface area contributed by atoms with Crippen LogP contribution in [0.3, 0.4) is 0 Å². The van der Waals surface area contributed by atoms with Gasteiger partial charge in [0.05, 0.1) is 27.8 Å². The van der Waals surface area contributed by atoms with Crippen molar-refractivity contribution in [2.24, 2.45) is 0 Å². The fraction of sp³-hybridized carbons (Fsp3) is 0.174. The maximum Gasteiger partial charge on any atom is 0.417 e. The monoisotopic (exact) mass is 546 g/mol. The summed E-state index contributed by atoms with van der Waals surface area (Å²) in [6.07, 6.45) is -4.73. The van der Waals surface area contributed by atoms with Crippen molar-refractivity contribution in [2.45, 2.75) is 18.0 Å². The molecule has 186 valence electrons. The highest BCUT2D eigenvalue weighted by atomic mass is 35.5. The zero-order valence-electron chi connectivity index (χ0n) is 18.1. The number of hydrogen-bond acceptors (Lipinski definition) is 4. The molecule has 0 aromatic heterocycles. The summed E-state index contributed by atoms with van der Waals surface area (Å²) >= 11 is 11.5.